The molecule has 0 unspecified atom stereocenters. The average molecular weight is 307 g/mol. The standard InChI is InChI=1S/C20H15ClO/c21-19-12-10-17(11-13-19)16-6-8-18(9-7-16)20(22)14-15-4-2-1-3-5-15/h1-13H,14H2. The van der Waals surface area contributed by atoms with Crippen molar-refractivity contribution in [2.75, 3.05) is 0 Å². The summed E-state index contributed by atoms with van der Waals surface area (Å²) in [7, 11) is 0. The van der Waals surface area contributed by atoms with Gasteiger partial charge in [-0.3, -0.25) is 4.79 Å². The molecule has 0 amide bonds. The molecular weight excluding hydrogens is 292 g/mol. The van der Waals surface area contributed by atoms with E-state index in [1.54, 1.807) is 0 Å². The summed E-state index contributed by atoms with van der Waals surface area (Å²) in [6.07, 6.45) is 0.432. The molecule has 3 aromatic rings. The van der Waals surface area contributed by atoms with Crippen molar-refractivity contribution in [3.63, 3.8) is 0 Å². The fraction of sp³-hybridized carbons (Fsp3) is 0.0500. The van der Waals surface area contributed by atoms with E-state index in [0.717, 1.165) is 27.3 Å². The van der Waals surface area contributed by atoms with Crippen molar-refractivity contribution in [1.82, 2.24) is 0 Å². The zero-order valence-electron chi connectivity index (χ0n) is 12.0. The van der Waals surface area contributed by atoms with E-state index in [1.807, 2.05) is 78.9 Å². The van der Waals surface area contributed by atoms with Gasteiger partial charge in [-0.25, -0.2) is 0 Å². The van der Waals surface area contributed by atoms with Crippen molar-refractivity contribution in [2.45, 2.75) is 6.42 Å². The van der Waals surface area contributed by atoms with Crippen LogP contribution in [-0.4, -0.2) is 5.78 Å². The maximum Gasteiger partial charge on any atom is 0.167 e. The molecule has 0 saturated heterocycles. The fourth-order valence-corrected chi connectivity index (χ4v) is 2.50. The van der Waals surface area contributed by atoms with Gasteiger partial charge < -0.3 is 0 Å². The minimum atomic E-state index is 0.133. The first-order chi connectivity index (χ1) is 10.7. The number of hydrogen-bond donors (Lipinski definition) is 0. The number of hydrogen-bond acceptors (Lipinski definition) is 1. The third-order valence-electron chi connectivity index (χ3n) is 3.59. The molecule has 0 aliphatic rings. The zero-order valence-corrected chi connectivity index (χ0v) is 12.8. The lowest BCUT2D eigenvalue weighted by atomic mass is 9.99. The van der Waals surface area contributed by atoms with Crippen LogP contribution < -0.4 is 0 Å². The number of rotatable bonds is 4. The van der Waals surface area contributed by atoms with E-state index in [4.69, 9.17) is 11.6 Å². The Morgan fingerprint density at radius 3 is 1.86 bits per heavy atom. The Balaban J connectivity index is 1.76. The summed E-state index contributed by atoms with van der Waals surface area (Å²) in [4.78, 5) is 12.3. The monoisotopic (exact) mass is 306 g/mol. The fourth-order valence-electron chi connectivity index (χ4n) is 2.37. The Labute approximate surface area is 135 Å². The molecule has 1 nitrogen and oxygen atoms in total. The van der Waals surface area contributed by atoms with Gasteiger partial charge in [-0.05, 0) is 28.8 Å². The summed E-state index contributed by atoms with van der Waals surface area (Å²) >= 11 is 5.90. The van der Waals surface area contributed by atoms with Crippen LogP contribution in [0.5, 0.6) is 0 Å². The smallest absolute Gasteiger partial charge is 0.167 e. The van der Waals surface area contributed by atoms with Crippen LogP contribution in [0.2, 0.25) is 5.02 Å². The van der Waals surface area contributed by atoms with Crippen LogP contribution in [-0.2, 0) is 6.42 Å². The second-order valence-electron chi connectivity index (χ2n) is 5.17. The molecule has 3 rings (SSSR count). The highest BCUT2D eigenvalue weighted by atomic mass is 35.5. The minimum Gasteiger partial charge on any atom is -0.294 e. The summed E-state index contributed by atoms with van der Waals surface area (Å²) in [5.41, 5.74) is 3.94. The van der Waals surface area contributed by atoms with Crippen LogP contribution in [0.4, 0.5) is 0 Å². The van der Waals surface area contributed by atoms with Crippen molar-refractivity contribution < 1.29 is 4.79 Å². The third-order valence-corrected chi connectivity index (χ3v) is 3.84. The van der Waals surface area contributed by atoms with Crippen LogP contribution in [0.3, 0.4) is 0 Å². The highest BCUT2D eigenvalue weighted by Gasteiger charge is 2.07. The van der Waals surface area contributed by atoms with Gasteiger partial charge >= 0.3 is 0 Å². The van der Waals surface area contributed by atoms with E-state index in [0.29, 0.717) is 6.42 Å². The molecule has 2 heteroatoms. The molecule has 0 heterocycles. The topological polar surface area (TPSA) is 17.1 Å². The van der Waals surface area contributed by atoms with E-state index in [1.165, 1.54) is 0 Å². The molecule has 0 saturated carbocycles. The van der Waals surface area contributed by atoms with Crippen LogP contribution in [0.1, 0.15) is 15.9 Å². The number of carbonyl (C=O) groups is 1. The Bertz CT molecular complexity index is 759. The SMILES string of the molecule is O=C(Cc1ccccc1)c1ccc(-c2ccc(Cl)cc2)cc1. The highest BCUT2D eigenvalue weighted by molar-refractivity contribution is 6.30. The molecule has 0 bridgehead atoms. The second-order valence-corrected chi connectivity index (χ2v) is 5.61. The first-order valence-electron chi connectivity index (χ1n) is 7.15. The van der Waals surface area contributed by atoms with Gasteiger partial charge in [-0.1, -0.05) is 78.3 Å². The molecule has 22 heavy (non-hydrogen) atoms. The molecule has 0 fully saturated rings. The third kappa shape index (κ3) is 3.44. The van der Waals surface area contributed by atoms with Gasteiger partial charge in [0.05, 0.1) is 0 Å². The van der Waals surface area contributed by atoms with Crippen molar-refractivity contribution in [3.8, 4) is 11.1 Å². The van der Waals surface area contributed by atoms with Gasteiger partial charge in [-0.2, -0.15) is 0 Å². The number of Topliss-reactive ketones (excluding diaryl/α,β-unsaturated/α-hetero) is 1. The molecule has 0 spiro atoms. The summed E-state index contributed by atoms with van der Waals surface area (Å²) in [5.74, 6) is 0.133. The van der Waals surface area contributed by atoms with Crippen molar-refractivity contribution >= 4 is 17.4 Å². The molecule has 0 aliphatic carbocycles. The lowest BCUT2D eigenvalue weighted by Crippen LogP contribution is -2.03. The van der Waals surface area contributed by atoms with Gasteiger partial charge in [0.15, 0.2) is 5.78 Å². The maximum absolute atomic E-state index is 12.3. The number of ketones is 1. The Morgan fingerprint density at radius 1 is 0.727 bits per heavy atom. The van der Waals surface area contributed by atoms with Gasteiger partial charge in [0.25, 0.3) is 0 Å². The predicted octanol–water partition coefficient (Wildman–Crippen LogP) is 5.43. The van der Waals surface area contributed by atoms with Crippen LogP contribution >= 0.6 is 11.6 Å². The second kappa shape index (κ2) is 6.59. The predicted molar refractivity (Wildman–Crippen MR) is 91.4 cm³/mol. The molecule has 0 aliphatic heterocycles. The number of halogens is 1. The summed E-state index contributed by atoms with van der Waals surface area (Å²) in [5, 5.41) is 0.721. The molecule has 0 radical (unpaired) electrons. The molecule has 0 aromatic heterocycles. The van der Waals surface area contributed by atoms with Gasteiger partial charge in [0, 0.05) is 17.0 Å². The lowest BCUT2D eigenvalue weighted by molar-refractivity contribution is 0.0993. The average Bonchev–Trinajstić information content (AvgIpc) is 2.57. The summed E-state index contributed by atoms with van der Waals surface area (Å²) in [6.45, 7) is 0. The molecule has 0 atom stereocenters. The number of benzene rings is 3. The summed E-state index contributed by atoms with van der Waals surface area (Å²) < 4.78 is 0. The number of carbonyl (C=O) groups excluding carboxylic acids is 1. The van der Waals surface area contributed by atoms with Crippen LogP contribution in [0.15, 0.2) is 78.9 Å². The molecule has 108 valence electrons. The molecule has 0 N–H and O–H groups in total. The van der Waals surface area contributed by atoms with E-state index >= 15 is 0 Å². The zero-order chi connectivity index (χ0) is 15.4. The summed E-state index contributed by atoms with van der Waals surface area (Å²) in [6, 6.07) is 25.2. The van der Waals surface area contributed by atoms with E-state index in [-0.39, 0.29) is 5.78 Å². The molecular formula is C20H15ClO. The van der Waals surface area contributed by atoms with Crippen LogP contribution in [0, 0.1) is 0 Å². The largest absolute Gasteiger partial charge is 0.294 e. The molecule has 3 aromatic carbocycles. The first kappa shape index (κ1) is 14.6. The van der Waals surface area contributed by atoms with E-state index in [2.05, 4.69) is 0 Å². The highest BCUT2D eigenvalue weighted by Crippen LogP contribution is 2.22. The first-order valence-corrected chi connectivity index (χ1v) is 7.53. The normalized spacial score (nSPS) is 10.4. The van der Waals surface area contributed by atoms with Gasteiger partial charge in [-0.15, -0.1) is 0 Å². The quantitative estimate of drug-likeness (QED) is 0.587. The van der Waals surface area contributed by atoms with Crippen LogP contribution in [0.25, 0.3) is 11.1 Å². The maximum atomic E-state index is 12.3. The van der Waals surface area contributed by atoms with Gasteiger partial charge in [0.1, 0.15) is 0 Å². The van der Waals surface area contributed by atoms with E-state index < -0.39 is 0 Å². The minimum absolute atomic E-state index is 0.133. The Morgan fingerprint density at radius 2 is 1.27 bits per heavy atom. The van der Waals surface area contributed by atoms with E-state index in [9.17, 15) is 4.79 Å². The Kier molecular flexibility index (Phi) is 4.36. The van der Waals surface area contributed by atoms with Gasteiger partial charge in [0.2, 0.25) is 0 Å². The van der Waals surface area contributed by atoms with Crippen molar-refractivity contribution in [2.24, 2.45) is 0 Å². The van der Waals surface area contributed by atoms with Crippen molar-refractivity contribution in [1.29, 1.82) is 0 Å². The van der Waals surface area contributed by atoms with Crippen molar-refractivity contribution in [3.05, 3.63) is 95.0 Å². The Hall–Kier alpha value is -2.38. The lowest BCUT2D eigenvalue weighted by Gasteiger charge is -2.05.